The molecule has 1 aliphatic rings. The molecule has 6 nitrogen and oxygen atoms in total. The molecule has 1 aromatic heterocycles. The van der Waals surface area contributed by atoms with Gasteiger partial charge in [0.2, 0.25) is 5.91 Å². The number of hydrogen-bond donors (Lipinski definition) is 2. The first kappa shape index (κ1) is 23.5. The molecule has 4 aromatic rings. The van der Waals surface area contributed by atoms with E-state index in [0.29, 0.717) is 17.8 Å². The fraction of sp³-hybridized carbons (Fsp3) is 0.167. The summed E-state index contributed by atoms with van der Waals surface area (Å²) in [6, 6.07) is 24.7. The van der Waals surface area contributed by atoms with E-state index in [1.807, 2.05) is 25.1 Å². The summed E-state index contributed by atoms with van der Waals surface area (Å²) in [6.07, 6.45) is 4.30. The van der Waals surface area contributed by atoms with E-state index in [1.165, 1.54) is 22.3 Å². The number of nitrogens with two attached hydrogens (primary N) is 1. The molecule has 3 aromatic carbocycles. The highest BCUT2D eigenvalue weighted by atomic mass is 16.2. The van der Waals surface area contributed by atoms with Crippen molar-refractivity contribution in [1.82, 2.24) is 4.98 Å². The molecule has 1 heterocycles. The van der Waals surface area contributed by atoms with Gasteiger partial charge in [-0.3, -0.25) is 14.6 Å². The zero-order valence-corrected chi connectivity index (χ0v) is 20.1. The fourth-order valence-electron chi connectivity index (χ4n) is 4.74. The van der Waals surface area contributed by atoms with E-state index in [0.717, 1.165) is 17.7 Å². The van der Waals surface area contributed by atoms with Crippen LogP contribution in [0.15, 0.2) is 91.3 Å². The summed E-state index contributed by atoms with van der Waals surface area (Å²) in [6.45, 7) is 2.53. The number of hydrogen-bond acceptors (Lipinski definition) is 4. The quantitative estimate of drug-likeness (QED) is 0.332. The minimum atomic E-state index is -0.470. The van der Waals surface area contributed by atoms with Crippen molar-refractivity contribution in [3.63, 3.8) is 0 Å². The molecule has 1 atom stereocenters. The minimum Gasteiger partial charge on any atom is -0.324 e. The number of rotatable bonds is 7. The van der Waals surface area contributed by atoms with Crippen molar-refractivity contribution in [1.29, 1.82) is 0 Å². The van der Waals surface area contributed by atoms with Crippen LogP contribution in [0.3, 0.4) is 0 Å². The third kappa shape index (κ3) is 4.76. The van der Waals surface area contributed by atoms with E-state index in [-0.39, 0.29) is 18.2 Å². The molecule has 1 aliphatic carbocycles. The van der Waals surface area contributed by atoms with Gasteiger partial charge in [-0.05, 0) is 77.6 Å². The molecule has 0 spiro atoms. The maximum Gasteiger partial charge on any atom is 0.255 e. The fourth-order valence-corrected chi connectivity index (χ4v) is 4.74. The predicted octanol–water partition coefficient (Wildman–Crippen LogP) is 5.35. The summed E-state index contributed by atoms with van der Waals surface area (Å²) >= 11 is 0. The number of aromatic nitrogens is 1. The van der Waals surface area contributed by atoms with Gasteiger partial charge in [0.15, 0.2) is 0 Å². The molecule has 180 valence electrons. The second-order valence-electron chi connectivity index (χ2n) is 8.94. The Hall–Kier alpha value is -4.29. The maximum atomic E-state index is 13.2. The van der Waals surface area contributed by atoms with Crippen molar-refractivity contribution < 1.29 is 9.59 Å². The topological polar surface area (TPSA) is 88.3 Å². The largest absolute Gasteiger partial charge is 0.324 e. The molecule has 0 saturated heterocycles. The summed E-state index contributed by atoms with van der Waals surface area (Å²) in [5, 5.41) is 2.83. The number of anilines is 2. The molecule has 6 heteroatoms. The van der Waals surface area contributed by atoms with Gasteiger partial charge in [-0.15, -0.1) is 0 Å². The van der Waals surface area contributed by atoms with Crippen LogP contribution in [0.2, 0.25) is 0 Å². The monoisotopic (exact) mass is 476 g/mol. The van der Waals surface area contributed by atoms with Crippen LogP contribution in [0.4, 0.5) is 11.4 Å². The molecule has 3 N–H and O–H groups in total. The lowest BCUT2D eigenvalue weighted by atomic mass is 10.0. The Balaban J connectivity index is 1.25. The molecule has 0 saturated carbocycles. The lowest BCUT2D eigenvalue weighted by Gasteiger charge is -2.24. The Bertz CT molecular complexity index is 1400. The standard InChI is InChI=1S/C30H28N4O2/c1-2-34(25-11-12-27-23(18-25)17-22-5-3-4-6-26(22)27)29(35)19-28(31)20-7-9-21(10-8-20)30(36)33-24-13-15-32-16-14-24/h3-16,18,28H,2,17,19,31H2,1H3,(H,32,33,36). The Labute approximate surface area is 210 Å². The SMILES string of the molecule is CCN(C(=O)CC(N)c1ccc(C(=O)Nc2ccncc2)cc1)c1ccc2c(c1)Cc1ccccc1-2. The lowest BCUT2D eigenvalue weighted by molar-refractivity contribution is -0.118. The van der Waals surface area contributed by atoms with E-state index in [1.54, 1.807) is 41.6 Å². The molecule has 36 heavy (non-hydrogen) atoms. The molecular weight excluding hydrogens is 448 g/mol. The van der Waals surface area contributed by atoms with Crippen LogP contribution in [0.1, 0.15) is 46.4 Å². The molecule has 0 bridgehead atoms. The molecule has 0 radical (unpaired) electrons. The number of fused-ring (bicyclic) bond motifs is 3. The average Bonchev–Trinajstić information content (AvgIpc) is 3.27. The van der Waals surface area contributed by atoms with E-state index < -0.39 is 6.04 Å². The van der Waals surface area contributed by atoms with Crippen molar-refractivity contribution in [2.45, 2.75) is 25.8 Å². The van der Waals surface area contributed by atoms with Crippen LogP contribution in [-0.4, -0.2) is 23.3 Å². The van der Waals surface area contributed by atoms with Gasteiger partial charge in [0.25, 0.3) is 5.91 Å². The summed E-state index contributed by atoms with van der Waals surface area (Å²) < 4.78 is 0. The Morgan fingerprint density at radius 3 is 2.42 bits per heavy atom. The first-order chi connectivity index (χ1) is 17.5. The van der Waals surface area contributed by atoms with Gasteiger partial charge in [-0.1, -0.05) is 42.5 Å². The third-order valence-electron chi connectivity index (χ3n) is 6.64. The first-order valence-electron chi connectivity index (χ1n) is 12.1. The molecule has 0 fully saturated rings. The predicted molar refractivity (Wildman–Crippen MR) is 143 cm³/mol. The van der Waals surface area contributed by atoms with Crippen LogP contribution in [-0.2, 0) is 11.2 Å². The number of carbonyl (C=O) groups excluding carboxylic acids is 2. The minimum absolute atomic E-state index is 0.0278. The van der Waals surface area contributed by atoms with Gasteiger partial charge in [-0.25, -0.2) is 0 Å². The zero-order valence-electron chi connectivity index (χ0n) is 20.1. The van der Waals surface area contributed by atoms with E-state index in [9.17, 15) is 9.59 Å². The van der Waals surface area contributed by atoms with Crippen molar-refractivity contribution in [2.24, 2.45) is 5.73 Å². The van der Waals surface area contributed by atoms with E-state index in [2.05, 4.69) is 46.7 Å². The summed E-state index contributed by atoms with van der Waals surface area (Å²) in [4.78, 5) is 31.5. The van der Waals surface area contributed by atoms with Gasteiger partial charge in [0.05, 0.1) is 0 Å². The van der Waals surface area contributed by atoms with Crippen molar-refractivity contribution in [2.75, 3.05) is 16.8 Å². The van der Waals surface area contributed by atoms with Crippen LogP contribution in [0.25, 0.3) is 11.1 Å². The Morgan fingerprint density at radius 2 is 1.67 bits per heavy atom. The normalized spacial score (nSPS) is 12.4. The number of benzene rings is 3. The number of amides is 2. The molecular formula is C30H28N4O2. The number of nitrogens with zero attached hydrogens (tertiary/aromatic N) is 2. The van der Waals surface area contributed by atoms with Gasteiger partial charge in [-0.2, -0.15) is 0 Å². The third-order valence-corrected chi connectivity index (χ3v) is 6.64. The van der Waals surface area contributed by atoms with Crippen LogP contribution >= 0.6 is 0 Å². The molecule has 5 rings (SSSR count). The summed E-state index contributed by atoms with van der Waals surface area (Å²) in [5.41, 5.74) is 14.4. The first-order valence-corrected chi connectivity index (χ1v) is 12.1. The number of carbonyl (C=O) groups is 2. The second-order valence-corrected chi connectivity index (χ2v) is 8.94. The lowest BCUT2D eigenvalue weighted by Crippen LogP contribution is -2.33. The van der Waals surface area contributed by atoms with Gasteiger partial charge in [0, 0.05) is 48.3 Å². The molecule has 0 aliphatic heterocycles. The highest BCUT2D eigenvalue weighted by molar-refractivity contribution is 6.04. The zero-order chi connectivity index (χ0) is 25.1. The van der Waals surface area contributed by atoms with Gasteiger partial charge >= 0.3 is 0 Å². The van der Waals surface area contributed by atoms with Crippen LogP contribution in [0, 0.1) is 0 Å². The van der Waals surface area contributed by atoms with Crippen LogP contribution < -0.4 is 16.0 Å². The summed E-state index contributed by atoms with van der Waals surface area (Å²) in [7, 11) is 0. The van der Waals surface area contributed by atoms with Crippen molar-refractivity contribution in [3.05, 3.63) is 114 Å². The average molecular weight is 477 g/mol. The van der Waals surface area contributed by atoms with Crippen LogP contribution in [0.5, 0.6) is 0 Å². The van der Waals surface area contributed by atoms with E-state index in [4.69, 9.17) is 5.73 Å². The van der Waals surface area contributed by atoms with Gasteiger partial charge in [0.1, 0.15) is 0 Å². The molecule has 2 amide bonds. The second kappa shape index (κ2) is 10.1. The molecule has 1 unspecified atom stereocenters. The highest BCUT2D eigenvalue weighted by Crippen LogP contribution is 2.38. The van der Waals surface area contributed by atoms with E-state index >= 15 is 0 Å². The van der Waals surface area contributed by atoms with Crippen molar-refractivity contribution >= 4 is 23.2 Å². The number of pyridine rings is 1. The Morgan fingerprint density at radius 1 is 0.944 bits per heavy atom. The van der Waals surface area contributed by atoms with Crippen molar-refractivity contribution in [3.8, 4) is 11.1 Å². The number of nitrogens with one attached hydrogen (secondary N) is 1. The van der Waals surface area contributed by atoms with Gasteiger partial charge < -0.3 is 16.0 Å². The highest BCUT2D eigenvalue weighted by Gasteiger charge is 2.22. The smallest absolute Gasteiger partial charge is 0.255 e. The Kier molecular flexibility index (Phi) is 6.60. The maximum absolute atomic E-state index is 13.2. The summed E-state index contributed by atoms with van der Waals surface area (Å²) in [5.74, 6) is -0.242.